The van der Waals surface area contributed by atoms with E-state index in [1.807, 2.05) is 0 Å². The minimum atomic E-state index is -0.950. The predicted molar refractivity (Wildman–Crippen MR) is 106 cm³/mol. The molecule has 144 valence electrons. The zero-order chi connectivity index (χ0) is 19.3. The number of piperidine rings is 1. The van der Waals surface area contributed by atoms with Gasteiger partial charge in [-0.25, -0.2) is 4.98 Å². The second kappa shape index (κ2) is 8.57. The largest absolute Gasteiger partial charge is 0.478 e. The van der Waals surface area contributed by atoms with Gasteiger partial charge in [-0.2, -0.15) is 0 Å². The summed E-state index contributed by atoms with van der Waals surface area (Å²) < 4.78 is 5.84. The number of amides is 1. The molecule has 0 spiro atoms. The lowest BCUT2D eigenvalue weighted by atomic mass is 9.96. The summed E-state index contributed by atoms with van der Waals surface area (Å²) in [5.74, 6) is 1.87. The summed E-state index contributed by atoms with van der Waals surface area (Å²) in [7, 11) is 0. The highest BCUT2D eigenvalue weighted by atomic mass is 35.5. The van der Waals surface area contributed by atoms with E-state index >= 15 is 0 Å². The minimum absolute atomic E-state index is 0.117. The van der Waals surface area contributed by atoms with Crippen molar-refractivity contribution in [2.24, 2.45) is 5.92 Å². The average molecular weight is 389 g/mol. The zero-order valence-electron chi connectivity index (χ0n) is 15.7. The van der Waals surface area contributed by atoms with E-state index in [9.17, 15) is 4.79 Å². The lowest BCUT2D eigenvalue weighted by molar-refractivity contribution is -0.134. The fourth-order valence-corrected chi connectivity index (χ4v) is 3.24. The standard InChI is InChI=1S/C20H25ClN4O2/c1-20(2,27-17-5-3-16(21)4-6-17)19(26)24-13-15-7-11-25(12-8-15)18-14-22-9-10-23-18/h3-6,9-10,14-15H,7-8,11-13H2,1-2H3,(H,24,26). The Hall–Kier alpha value is -2.34. The first-order valence-electron chi connectivity index (χ1n) is 9.18. The van der Waals surface area contributed by atoms with Gasteiger partial charge in [0.15, 0.2) is 5.60 Å². The van der Waals surface area contributed by atoms with Gasteiger partial charge in [0.25, 0.3) is 5.91 Å². The molecule has 7 heteroatoms. The topological polar surface area (TPSA) is 67.3 Å². The van der Waals surface area contributed by atoms with Crippen LogP contribution in [0.5, 0.6) is 5.75 Å². The maximum Gasteiger partial charge on any atom is 0.263 e. The molecule has 1 aliphatic heterocycles. The number of nitrogens with zero attached hydrogens (tertiary/aromatic N) is 3. The Bertz CT molecular complexity index is 744. The number of hydrogen-bond donors (Lipinski definition) is 1. The van der Waals surface area contributed by atoms with Crippen molar-refractivity contribution in [3.8, 4) is 5.75 Å². The van der Waals surface area contributed by atoms with Crippen LogP contribution in [0.3, 0.4) is 0 Å². The smallest absolute Gasteiger partial charge is 0.263 e. The van der Waals surface area contributed by atoms with E-state index in [4.69, 9.17) is 16.3 Å². The SMILES string of the molecule is CC(C)(Oc1ccc(Cl)cc1)C(=O)NCC1CCN(c2cnccn2)CC1. The fourth-order valence-electron chi connectivity index (χ4n) is 3.11. The predicted octanol–water partition coefficient (Wildman–Crippen LogP) is 3.32. The Labute approximate surface area is 164 Å². The molecular weight excluding hydrogens is 364 g/mol. The first-order valence-corrected chi connectivity index (χ1v) is 9.56. The zero-order valence-corrected chi connectivity index (χ0v) is 16.4. The Morgan fingerprint density at radius 2 is 1.96 bits per heavy atom. The van der Waals surface area contributed by atoms with Gasteiger partial charge in [0.05, 0.1) is 6.20 Å². The van der Waals surface area contributed by atoms with Gasteiger partial charge >= 0.3 is 0 Å². The quantitative estimate of drug-likeness (QED) is 0.822. The number of benzene rings is 1. The van der Waals surface area contributed by atoms with Crippen molar-refractivity contribution in [2.75, 3.05) is 24.5 Å². The van der Waals surface area contributed by atoms with Crippen LogP contribution in [0, 0.1) is 5.92 Å². The summed E-state index contributed by atoms with van der Waals surface area (Å²) in [4.78, 5) is 23.3. The van der Waals surface area contributed by atoms with Crippen molar-refractivity contribution >= 4 is 23.3 Å². The molecule has 1 aliphatic rings. The van der Waals surface area contributed by atoms with Crippen LogP contribution in [-0.4, -0.2) is 41.1 Å². The van der Waals surface area contributed by atoms with Crippen LogP contribution in [0.2, 0.25) is 5.02 Å². The van der Waals surface area contributed by atoms with Crippen LogP contribution in [0.1, 0.15) is 26.7 Å². The molecule has 0 bridgehead atoms. The van der Waals surface area contributed by atoms with Crippen molar-refractivity contribution in [1.29, 1.82) is 0 Å². The van der Waals surface area contributed by atoms with Gasteiger partial charge in [0.2, 0.25) is 0 Å². The Morgan fingerprint density at radius 1 is 1.26 bits per heavy atom. The van der Waals surface area contributed by atoms with E-state index in [1.54, 1.807) is 56.7 Å². The maximum atomic E-state index is 12.6. The summed E-state index contributed by atoms with van der Waals surface area (Å²) in [6.07, 6.45) is 7.20. The number of anilines is 1. The highest BCUT2D eigenvalue weighted by Gasteiger charge is 2.31. The summed E-state index contributed by atoms with van der Waals surface area (Å²) in [6.45, 7) is 6.04. The molecule has 2 heterocycles. The van der Waals surface area contributed by atoms with Crippen molar-refractivity contribution in [3.05, 3.63) is 47.9 Å². The molecule has 2 aromatic rings. The molecule has 6 nitrogen and oxygen atoms in total. The Morgan fingerprint density at radius 3 is 2.59 bits per heavy atom. The molecule has 1 amide bonds. The number of aromatic nitrogens is 2. The van der Waals surface area contributed by atoms with Gasteiger partial charge < -0.3 is 15.0 Å². The van der Waals surface area contributed by atoms with Gasteiger partial charge in [0, 0.05) is 37.1 Å². The molecule has 27 heavy (non-hydrogen) atoms. The summed E-state index contributed by atoms with van der Waals surface area (Å²) in [6, 6.07) is 7.02. The number of ether oxygens (including phenoxy) is 1. The van der Waals surface area contributed by atoms with E-state index in [1.165, 1.54) is 0 Å². The molecule has 0 saturated carbocycles. The van der Waals surface area contributed by atoms with Crippen molar-refractivity contribution in [2.45, 2.75) is 32.3 Å². The van der Waals surface area contributed by atoms with Crippen molar-refractivity contribution in [1.82, 2.24) is 15.3 Å². The first kappa shape index (κ1) is 19.4. The highest BCUT2D eigenvalue weighted by Crippen LogP contribution is 2.23. The Kier molecular flexibility index (Phi) is 6.16. The van der Waals surface area contributed by atoms with Crippen LogP contribution < -0.4 is 15.0 Å². The molecule has 0 unspecified atom stereocenters. The summed E-state index contributed by atoms with van der Waals surface area (Å²) >= 11 is 5.88. The van der Waals surface area contributed by atoms with Crippen molar-refractivity contribution in [3.63, 3.8) is 0 Å². The molecule has 0 atom stereocenters. The summed E-state index contributed by atoms with van der Waals surface area (Å²) in [5.41, 5.74) is -0.950. The van der Waals surface area contributed by atoms with Crippen LogP contribution in [0.25, 0.3) is 0 Å². The maximum absolute atomic E-state index is 12.6. The van der Waals surface area contributed by atoms with Gasteiger partial charge in [-0.05, 0) is 56.9 Å². The van der Waals surface area contributed by atoms with E-state index < -0.39 is 5.60 Å². The highest BCUT2D eigenvalue weighted by molar-refractivity contribution is 6.30. The number of carbonyl (C=O) groups excluding carboxylic acids is 1. The molecule has 0 radical (unpaired) electrons. The number of halogens is 1. The third-order valence-corrected chi connectivity index (χ3v) is 5.02. The first-order chi connectivity index (χ1) is 12.9. The molecule has 0 aliphatic carbocycles. The summed E-state index contributed by atoms with van der Waals surface area (Å²) in [5, 5.41) is 3.68. The van der Waals surface area contributed by atoms with Gasteiger partial charge in [0.1, 0.15) is 11.6 Å². The van der Waals surface area contributed by atoms with E-state index in [-0.39, 0.29) is 5.91 Å². The van der Waals surface area contributed by atoms with Crippen LogP contribution in [-0.2, 0) is 4.79 Å². The molecule has 1 saturated heterocycles. The minimum Gasteiger partial charge on any atom is -0.478 e. The van der Waals surface area contributed by atoms with Gasteiger partial charge in [-0.1, -0.05) is 11.6 Å². The van der Waals surface area contributed by atoms with Gasteiger partial charge in [-0.3, -0.25) is 9.78 Å². The van der Waals surface area contributed by atoms with E-state index in [0.29, 0.717) is 23.2 Å². The molecule has 3 rings (SSSR count). The normalized spacial score (nSPS) is 15.4. The monoisotopic (exact) mass is 388 g/mol. The van der Waals surface area contributed by atoms with Crippen molar-refractivity contribution < 1.29 is 9.53 Å². The molecular formula is C20H25ClN4O2. The number of hydrogen-bond acceptors (Lipinski definition) is 5. The third-order valence-electron chi connectivity index (χ3n) is 4.77. The van der Waals surface area contributed by atoms with Gasteiger partial charge in [-0.15, -0.1) is 0 Å². The lowest BCUT2D eigenvalue weighted by Crippen LogP contribution is -2.48. The van der Waals surface area contributed by atoms with E-state index in [0.717, 1.165) is 31.7 Å². The number of rotatable bonds is 6. The molecule has 1 N–H and O–H groups in total. The molecule has 1 aromatic carbocycles. The van der Waals surface area contributed by atoms with Crippen LogP contribution in [0.15, 0.2) is 42.9 Å². The van der Waals surface area contributed by atoms with Crippen LogP contribution >= 0.6 is 11.6 Å². The second-order valence-electron chi connectivity index (χ2n) is 7.27. The second-order valence-corrected chi connectivity index (χ2v) is 7.71. The van der Waals surface area contributed by atoms with Crippen LogP contribution in [0.4, 0.5) is 5.82 Å². The number of carbonyl (C=O) groups is 1. The molecule has 1 aromatic heterocycles. The Balaban J connectivity index is 1.45. The third kappa shape index (κ3) is 5.32. The molecule has 1 fully saturated rings. The number of nitrogens with one attached hydrogen (secondary N) is 1. The fraction of sp³-hybridized carbons (Fsp3) is 0.450. The lowest BCUT2D eigenvalue weighted by Gasteiger charge is -2.33. The average Bonchev–Trinajstić information content (AvgIpc) is 2.69. The van der Waals surface area contributed by atoms with E-state index in [2.05, 4.69) is 20.2 Å².